The highest BCUT2D eigenvalue weighted by atomic mass is 32.1. The lowest BCUT2D eigenvalue weighted by Gasteiger charge is -2.34. The van der Waals surface area contributed by atoms with Crippen molar-refractivity contribution >= 4 is 23.2 Å². The van der Waals surface area contributed by atoms with Gasteiger partial charge in [0.2, 0.25) is 0 Å². The Morgan fingerprint density at radius 1 is 1.28 bits per heavy atom. The first-order valence-electron chi connectivity index (χ1n) is 8.05. The highest BCUT2D eigenvalue weighted by Crippen LogP contribution is 2.42. The lowest BCUT2D eigenvalue weighted by atomic mass is 10.1. The van der Waals surface area contributed by atoms with Gasteiger partial charge < -0.3 is 19.5 Å². The molecule has 1 saturated heterocycles. The van der Waals surface area contributed by atoms with Crippen LogP contribution in [0.25, 0.3) is 10.4 Å². The van der Waals surface area contributed by atoms with Gasteiger partial charge in [-0.3, -0.25) is 4.79 Å². The zero-order valence-electron chi connectivity index (χ0n) is 13.6. The van der Waals surface area contributed by atoms with Crippen molar-refractivity contribution in [2.24, 2.45) is 0 Å². The van der Waals surface area contributed by atoms with Crippen LogP contribution in [0.2, 0.25) is 0 Å². The molecule has 0 saturated carbocycles. The van der Waals surface area contributed by atoms with Gasteiger partial charge in [0.15, 0.2) is 6.10 Å². The topological polar surface area (TPSA) is 76.1 Å². The molecule has 1 amide bonds. The van der Waals surface area contributed by atoms with Crippen LogP contribution in [0.5, 0.6) is 5.75 Å². The summed E-state index contributed by atoms with van der Waals surface area (Å²) in [5.74, 6) is -0.378. The zero-order valence-corrected chi connectivity index (χ0v) is 14.4. The summed E-state index contributed by atoms with van der Waals surface area (Å²) in [5, 5.41) is 9.19. The van der Waals surface area contributed by atoms with Gasteiger partial charge in [-0.25, -0.2) is 4.79 Å². The molecule has 1 aromatic carbocycles. The van der Waals surface area contributed by atoms with Crippen molar-refractivity contribution in [3.8, 4) is 16.2 Å². The summed E-state index contributed by atoms with van der Waals surface area (Å²) < 4.78 is 11.1. The van der Waals surface area contributed by atoms with Gasteiger partial charge in [0.1, 0.15) is 12.4 Å². The predicted molar refractivity (Wildman–Crippen MR) is 92.0 cm³/mol. The van der Waals surface area contributed by atoms with Crippen molar-refractivity contribution in [2.75, 3.05) is 13.1 Å². The lowest BCUT2D eigenvalue weighted by Crippen LogP contribution is -2.51. The number of para-hydroxylation sites is 1. The van der Waals surface area contributed by atoms with Gasteiger partial charge in [-0.2, -0.15) is 0 Å². The number of hydrogen-bond donors (Lipinski definition) is 1. The van der Waals surface area contributed by atoms with Crippen LogP contribution in [-0.2, 0) is 16.1 Å². The van der Waals surface area contributed by atoms with E-state index in [1.54, 1.807) is 11.8 Å². The first-order chi connectivity index (χ1) is 12.0. The van der Waals surface area contributed by atoms with Gasteiger partial charge in [0, 0.05) is 22.5 Å². The second-order valence-corrected chi connectivity index (χ2v) is 7.29. The summed E-state index contributed by atoms with van der Waals surface area (Å²) >= 11 is 1.43. The maximum atomic E-state index is 12.9. The number of carboxylic acid groups (broad SMARTS) is 1. The molecule has 1 fully saturated rings. The van der Waals surface area contributed by atoms with Crippen LogP contribution >= 0.6 is 11.3 Å². The summed E-state index contributed by atoms with van der Waals surface area (Å²) in [6, 6.07) is 9.62. The third kappa shape index (κ3) is 2.89. The molecule has 0 bridgehead atoms. The zero-order chi connectivity index (χ0) is 17.6. The number of carboxylic acids is 1. The SMILES string of the molecule is C[C@@H]1CN(C(=O)c2cc3c(s2)-c2ccccc2OC3)CC(C(=O)O)O1. The average Bonchev–Trinajstić information content (AvgIpc) is 3.05. The number of thiophene rings is 1. The number of benzene rings is 1. The molecule has 7 heteroatoms. The number of carbonyl (C=O) groups is 2. The molecule has 6 nitrogen and oxygen atoms in total. The fourth-order valence-electron chi connectivity index (χ4n) is 3.21. The van der Waals surface area contributed by atoms with E-state index in [-0.39, 0.29) is 18.6 Å². The Labute approximate surface area is 148 Å². The highest BCUT2D eigenvalue weighted by molar-refractivity contribution is 7.17. The van der Waals surface area contributed by atoms with Crippen LogP contribution in [-0.4, -0.2) is 47.2 Å². The minimum atomic E-state index is -1.04. The molecular weight excluding hydrogens is 342 g/mol. The molecule has 2 aliphatic rings. The largest absolute Gasteiger partial charge is 0.488 e. The Bertz CT molecular complexity index is 846. The minimum Gasteiger partial charge on any atom is -0.488 e. The summed E-state index contributed by atoms with van der Waals surface area (Å²) in [7, 11) is 0. The molecular formula is C18H17NO5S. The smallest absolute Gasteiger partial charge is 0.334 e. The van der Waals surface area contributed by atoms with Crippen LogP contribution in [0.4, 0.5) is 0 Å². The highest BCUT2D eigenvalue weighted by Gasteiger charge is 2.34. The van der Waals surface area contributed by atoms with E-state index in [0.717, 1.165) is 21.8 Å². The van der Waals surface area contributed by atoms with Crippen molar-refractivity contribution in [1.29, 1.82) is 0 Å². The molecule has 1 unspecified atom stereocenters. The molecule has 4 rings (SSSR count). The standard InChI is InChI=1S/C18H17NO5S/c1-10-7-19(8-14(24-10)18(21)22)17(20)15-6-11-9-23-13-5-3-2-4-12(13)16(11)25-15/h2-6,10,14H,7-9H2,1H3,(H,21,22)/t10-,14?/m1/s1. The van der Waals surface area contributed by atoms with Crippen LogP contribution in [0, 0.1) is 0 Å². The fraction of sp³-hybridized carbons (Fsp3) is 0.333. The molecule has 3 heterocycles. The fourth-order valence-corrected chi connectivity index (χ4v) is 4.38. The first kappa shape index (κ1) is 16.1. The number of fused-ring (bicyclic) bond motifs is 3. The van der Waals surface area contributed by atoms with E-state index in [1.807, 2.05) is 30.3 Å². The van der Waals surface area contributed by atoms with Crippen LogP contribution in [0.3, 0.4) is 0 Å². The van der Waals surface area contributed by atoms with Gasteiger partial charge in [-0.1, -0.05) is 12.1 Å². The van der Waals surface area contributed by atoms with E-state index < -0.39 is 12.1 Å². The summed E-state index contributed by atoms with van der Waals surface area (Å²) in [6.07, 6.45) is -1.29. The van der Waals surface area contributed by atoms with Crippen molar-refractivity contribution in [3.05, 3.63) is 40.8 Å². The molecule has 2 aliphatic heterocycles. The normalized spacial score (nSPS) is 21.9. The number of rotatable bonds is 2. The number of nitrogens with zero attached hydrogens (tertiary/aromatic N) is 1. The molecule has 1 N–H and O–H groups in total. The molecule has 130 valence electrons. The Morgan fingerprint density at radius 3 is 2.88 bits per heavy atom. The van der Waals surface area contributed by atoms with Gasteiger partial charge in [-0.05, 0) is 25.1 Å². The van der Waals surface area contributed by atoms with Crippen molar-refractivity contribution in [1.82, 2.24) is 4.90 Å². The van der Waals surface area contributed by atoms with Crippen molar-refractivity contribution in [2.45, 2.75) is 25.7 Å². The molecule has 0 radical (unpaired) electrons. The first-order valence-corrected chi connectivity index (χ1v) is 8.87. The Kier molecular flexibility index (Phi) is 3.97. The maximum Gasteiger partial charge on any atom is 0.334 e. The van der Waals surface area contributed by atoms with E-state index in [4.69, 9.17) is 9.47 Å². The number of aliphatic carboxylic acids is 1. The average molecular weight is 359 g/mol. The third-order valence-electron chi connectivity index (χ3n) is 4.36. The Balaban J connectivity index is 1.62. The van der Waals surface area contributed by atoms with Gasteiger partial charge in [0.25, 0.3) is 5.91 Å². The van der Waals surface area contributed by atoms with Gasteiger partial charge in [-0.15, -0.1) is 11.3 Å². The van der Waals surface area contributed by atoms with Crippen LogP contribution in [0.15, 0.2) is 30.3 Å². The van der Waals surface area contributed by atoms with E-state index in [2.05, 4.69) is 0 Å². The monoisotopic (exact) mass is 359 g/mol. The van der Waals surface area contributed by atoms with E-state index in [9.17, 15) is 14.7 Å². The Hall–Kier alpha value is -2.38. The molecule has 2 aromatic rings. The number of morpholine rings is 1. The van der Waals surface area contributed by atoms with E-state index >= 15 is 0 Å². The Morgan fingerprint density at radius 2 is 2.08 bits per heavy atom. The minimum absolute atomic E-state index is 0.0637. The van der Waals surface area contributed by atoms with Crippen LogP contribution in [0.1, 0.15) is 22.2 Å². The van der Waals surface area contributed by atoms with E-state index in [0.29, 0.717) is 18.0 Å². The summed E-state index contributed by atoms with van der Waals surface area (Å²) in [5.41, 5.74) is 1.98. The maximum absolute atomic E-state index is 12.9. The lowest BCUT2D eigenvalue weighted by molar-refractivity contribution is -0.160. The number of amides is 1. The van der Waals surface area contributed by atoms with E-state index in [1.165, 1.54) is 11.3 Å². The second-order valence-electron chi connectivity index (χ2n) is 6.23. The summed E-state index contributed by atoms with van der Waals surface area (Å²) in [6.45, 7) is 2.67. The number of hydrogen-bond acceptors (Lipinski definition) is 5. The molecule has 2 atom stereocenters. The number of ether oxygens (including phenoxy) is 2. The molecule has 1 aromatic heterocycles. The second kappa shape index (κ2) is 6.16. The molecule has 25 heavy (non-hydrogen) atoms. The molecule has 0 aliphatic carbocycles. The number of carbonyl (C=O) groups excluding carboxylic acids is 1. The third-order valence-corrected chi connectivity index (χ3v) is 5.56. The quantitative estimate of drug-likeness (QED) is 0.892. The van der Waals surface area contributed by atoms with Gasteiger partial charge >= 0.3 is 5.97 Å². The molecule has 0 spiro atoms. The van der Waals surface area contributed by atoms with Crippen molar-refractivity contribution < 1.29 is 24.2 Å². The van der Waals surface area contributed by atoms with Crippen LogP contribution < -0.4 is 4.74 Å². The summed E-state index contributed by atoms with van der Waals surface area (Å²) in [4.78, 5) is 27.3. The van der Waals surface area contributed by atoms with Gasteiger partial charge in [0.05, 0.1) is 17.5 Å². The van der Waals surface area contributed by atoms with Crippen molar-refractivity contribution in [3.63, 3.8) is 0 Å². The predicted octanol–water partition coefficient (Wildman–Crippen LogP) is 2.62.